The highest BCUT2D eigenvalue weighted by molar-refractivity contribution is 5.91. The van der Waals surface area contributed by atoms with Crippen LogP contribution in [-0.2, 0) is 6.54 Å². The molecular formula is C26H23FN4O3. The molecule has 1 N–H and O–H groups in total. The van der Waals surface area contributed by atoms with Gasteiger partial charge in [0.1, 0.15) is 5.82 Å². The molecule has 0 aliphatic heterocycles. The number of carbonyl (C=O) groups is 1. The zero-order valence-corrected chi connectivity index (χ0v) is 18.7. The summed E-state index contributed by atoms with van der Waals surface area (Å²) in [6, 6.07) is 21.6. The van der Waals surface area contributed by atoms with E-state index in [2.05, 4.69) is 10.4 Å². The van der Waals surface area contributed by atoms with Crippen molar-refractivity contribution < 1.29 is 9.18 Å². The van der Waals surface area contributed by atoms with Crippen LogP contribution in [0.3, 0.4) is 0 Å². The van der Waals surface area contributed by atoms with Gasteiger partial charge >= 0.3 is 5.69 Å². The first kappa shape index (κ1) is 22.8. The van der Waals surface area contributed by atoms with E-state index >= 15 is 0 Å². The number of benzene rings is 3. The molecule has 3 aromatic carbocycles. The van der Waals surface area contributed by atoms with Crippen molar-refractivity contribution in [1.82, 2.24) is 19.7 Å². The molecule has 4 aromatic rings. The molecule has 172 valence electrons. The van der Waals surface area contributed by atoms with Crippen LogP contribution in [-0.4, -0.2) is 20.3 Å². The highest BCUT2D eigenvalue weighted by atomic mass is 19.1. The molecule has 1 aromatic heterocycles. The van der Waals surface area contributed by atoms with E-state index in [0.29, 0.717) is 11.1 Å². The number of nitrogens with one attached hydrogen (secondary N) is 1. The van der Waals surface area contributed by atoms with Gasteiger partial charge in [-0.25, -0.2) is 13.8 Å². The van der Waals surface area contributed by atoms with Gasteiger partial charge in [0, 0.05) is 12.6 Å². The number of aryl methyl sites for hydroxylation is 1. The Morgan fingerprint density at radius 3 is 2.29 bits per heavy atom. The number of nitrogens with zero attached hydrogens (tertiary/aromatic N) is 3. The van der Waals surface area contributed by atoms with Crippen LogP contribution in [0.2, 0.25) is 0 Å². The lowest BCUT2D eigenvalue weighted by Crippen LogP contribution is -2.47. The van der Waals surface area contributed by atoms with Gasteiger partial charge < -0.3 is 5.32 Å². The Bertz CT molecular complexity index is 1450. The fourth-order valence-electron chi connectivity index (χ4n) is 3.60. The average molecular weight is 458 g/mol. The molecular weight excluding hydrogens is 435 g/mol. The first-order valence-electron chi connectivity index (χ1n) is 10.8. The molecule has 0 aliphatic carbocycles. The van der Waals surface area contributed by atoms with Crippen LogP contribution in [0.1, 0.15) is 40.1 Å². The highest BCUT2D eigenvalue weighted by Gasteiger charge is 2.24. The van der Waals surface area contributed by atoms with Gasteiger partial charge in [-0.15, -0.1) is 0 Å². The molecule has 0 saturated heterocycles. The number of amides is 1. The number of rotatable bonds is 6. The number of carbonyl (C=O) groups excluding carboxylic acids is 1. The SMILES string of the molecule is Cc1ccc(-n2nc(C(=O)NCc3ccccc3)c(=O)n([C@@H](C)c3ccccc3)c2=O)cc1F. The van der Waals surface area contributed by atoms with Crippen molar-refractivity contribution >= 4 is 5.91 Å². The molecule has 1 atom stereocenters. The topological polar surface area (TPSA) is 86.0 Å². The molecule has 0 saturated carbocycles. The minimum absolute atomic E-state index is 0.110. The van der Waals surface area contributed by atoms with E-state index in [0.717, 1.165) is 20.9 Å². The summed E-state index contributed by atoms with van der Waals surface area (Å²) < 4.78 is 16.1. The van der Waals surface area contributed by atoms with Gasteiger partial charge in [-0.1, -0.05) is 66.7 Å². The monoisotopic (exact) mass is 458 g/mol. The summed E-state index contributed by atoms with van der Waals surface area (Å²) in [5.41, 5.74) is -0.0185. The third-order valence-electron chi connectivity index (χ3n) is 5.59. The number of hydrogen-bond acceptors (Lipinski definition) is 4. The van der Waals surface area contributed by atoms with E-state index in [1.165, 1.54) is 12.1 Å². The van der Waals surface area contributed by atoms with E-state index in [9.17, 15) is 18.8 Å². The summed E-state index contributed by atoms with van der Waals surface area (Å²) in [5, 5.41) is 6.73. The Hall–Kier alpha value is -4.33. The summed E-state index contributed by atoms with van der Waals surface area (Å²) in [7, 11) is 0. The first-order valence-corrected chi connectivity index (χ1v) is 10.8. The van der Waals surface area contributed by atoms with E-state index in [4.69, 9.17) is 0 Å². The van der Waals surface area contributed by atoms with Crippen molar-refractivity contribution in [2.24, 2.45) is 0 Å². The van der Waals surface area contributed by atoms with E-state index in [1.807, 2.05) is 36.4 Å². The summed E-state index contributed by atoms with van der Waals surface area (Å²) in [4.78, 5) is 39.7. The molecule has 34 heavy (non-hydrogen) atoms. The summed E-state index contributed by atoms with van der Waals surface area (Å²) in [5.74, 6) is -1.26. The van der Waals surface area contributed by atoms with Crippen molar-refractivity contribution in [1.29, 1.82) is 0 Å². The average Bonchev–Trinajstić information content (AvgIpc) is 2.85. The third kappa shape index (κ3) is 4.56. The fourth-order valence-corrected chi connectivity index (χ4v) is 3.60. The zero-order valence-electron chi connectivity index (χ0n) is 18.7. The van der Waals surface area contributed by atoms with Crippen LogP contribution in [0, 0.1) is 12.7 Å². The van der Waals surface area contributed by atoms with Gasteiger partial charge in [-0.3, -0.25) is 9.59 Å². The fraction of sp³-hybridized carbons (Fsp3) is 0.154. The predicted octanol–water partition coefficient (Wildman–Crippen LogP) is 3.38. The molecule has 0 aliphatic rings. The molecule has 0 bridgehead atoms. The van der Waals surface area contributed by atoms with Crippen LogP contribution < -0.4 is 16.6 Å². The maximum atomic E-state index is 14.3. The Balaban J connectivity index is 1.85. The molecule has 0 radical (unpaired) electrons. The van der Waals surface area contributed by atoms with E-state index in [1.54, 1.807) is 38.1 Å². The second-order valence-electron chi connectivity index (χ2n) is 7.91. The smallest absolute Gasteiger partial charge is 0.346 e. The van der Waals surface area contributed by atoms with Crippen molar-refractivity contribution in [2.45, 2.75) is 26.4 Å². The van der Waals surface area contributed by atoms with Crippen molar-refractivity contribution in [3.05, 3.63) is 128 Å². The van der Waals surface area contributed by atoms with E-state index in [-0.39, 0.29) is 12.2 Å². The minimum Gasteiger partial charge on any atom is -0.346 e. The molecule has 0 fully saturated rings. The van der Waals surface area contributed by atoms with Gasteiger partial charge in [-0.2, -0.15) is 9.78 Å². The second kappa shape index (κ2) is 9.66. The lowest BCUT2D eigenvalue weighted by Gasteiger charge is -2.18. The standard InChI is InChI=1S/C26H23FN4O3/c1-17-13-14-21(15-22(17)27)31-26(34)30(18(2)20-11-7-4-8-12-20)25(33)23(29-31)24(32)28-16-19-9-5-3-6-10-19/h3-15,18H,16H2,1-2H3,(H,28,32)/t18-/m0/s1. The van der Waals surface area contributed by atoms with Gasteiger partial charge in [0.15, 0.2) is 0 Å². The Labute approximate surface area is 195 Å². The van der Waals surface area contributed by atoms with Crippen LogP contribution >= 0.6 is 0 Å². The van der Waals surface area contributed by atoms with Gasteiger partial charge in [0.25, 0.3) is 11.5 Å². The van der Waals surface area contributed by atoms with Crippen molar-refractivity contribution in [2.75, 3.05) is 0 Å². The molecule has 1 amide bonds. The van der Waals surface area contributed by atoms with Crippen LogP contribution in [0.4, 0.5) is 4.39 Å². The Morgan fingerprint density at radius 2 is 1.65 bits per heavy atom. The summed E-state index contributed by atoms with van der Waals surface area (Å²) >= 11 is 0. The summed E-state index contributed by atoms with van der Waals surface area (Å²) in [6.07, 6.45) is 0. The van der Waals surface area contributed by atoms with Crippen molar-refractivity contribution in [3.8, 4) is 5.69 Å². The molecule has 0 spiro atoms. The molecule has 7 nitrogen and oxygen atoms in total. The number of hydrogen-bond donors (Lipinski definition) is 1. The van der Waals surface area contributed by atoms with Gasteiger partial charge in [0.2, 0.25) is 5.69 Å². The molecule has 1 heterocycles. The van der Waals surface area contributed by atoms with Crippen LogP contribution in [0.15, 0.2) is 88.5 Å². The minimum atomic E-state index is -0.823. The maximum absolute atomic E-state index is 14.3. The van der Waals surface area contributed by atoms with Gasteiger partial charge in [-0.05, 0) is 36.6 Å². The van der Waals surface area contributed by atoms with Crippen molar-refractivity contribution in [3.63, 3.8) is 0 Å². The Kier molecular flexibility index (Phi) is 6.49. The maximum Gasteiger partial charge on any atom is 0.352 e. The highest BCUT2D eigenvalue weighted by Crippen LogP contribution is 2.15. The number of halogens is 1. The normalized spacial score (nSPS) is 11.7. The third-order valence-corrected chi connectivity index (χ3v) is 5.59. The van der Waals surface area contributed by atoms with E-state index < -0.39 is 34.7 Å². The molecule has 8 heteroatoms. The van der Waals surface area contributed by atoms with Gasteiger partial charge in [0.05, 0.1) is 11.7 Å². The largest absolute Gasteiger partial charge is 0.352 e. The first-order chi connectivity index (χ1) is 16.4. The lowest BCUT2D eigenvalue weighted by molar-refractivity contribution is 0.0941. The Morgan fingerprint density at radius 1 is 1.00 bits per heavy atom. The second-order valence-corrected chi connectivity index (χ2v) is 7.91. The quantitative estimate of drug-likeness (QED) is 0.480. The molecule has 4 rings (SSSR count). The lowest BCUT2D eigenvalue weighted by atomic mass is 10.1. The molecule has 0 unspecified atom stereocenters. The zero-order chi connectivity index (χ0) is 24.2. The van der Waals surface area contributed by atoms with Crippen LogP contribution in [0.25, 0.3) is 5.69 Å². The predicted molar refractivity (Wildman–Crippen MR) is 127 cm³/mol. The summed E-state index contributed by atoms with van der Waals surface area (Å²) in [6.45, 7) is 3.45. The number of aromatic nitrogens is 3. The van der Waals surface area contributed by atoms with Crippen LogP contribution in [0.5, 0.6) is 0 Å².